The lowest BCUT2D eigenvalue weighted by Crippen LogP contribution is -2.50. The molecule has 0 saturated carbocycles. The van der Waals surface area contributed by atoms with Crippen molar-refractivity contribution in [2.24, 2.45) is 0 Å². The summed E-state index contributed by atoms with van der Waals surface area (Å²) < 4.78 is 3.16. The number of pyridine rings is 1. The van der Waals surface area contributed by atoms with E-state index < -0.39 is 0 Å². The van der Waals surface area contributed by atoms with E-state index in [4.69, 9.17) is 0 Å². The maximum Gasteiger partial charge on any atom is 0.291 e. The molecule has 4 heterocycles. The van der Waals surface area contributed by atoms with Gasteiger partial charge in [0.15, 0.2) is 0 Å². The molecular formula is C23H24N6O2. The number of fused-ring (bicyclic) bond motifs is 3. The Balaban J connectivity index is 1.37. The number of rotatable bonds is 3. The van der Waals surface area contributed by atoms with Crippen molar-refractivity contribution in [1.82, 2.24) is 24.1 Å². The zero-order valence-electron chi connectivity index (χ0n) is 17.7. The molecule has 1 aliphatic heterocycles. The van der Waals surface area contributed by atoms with E-state index in [-0.39, 0.29) is 18.0 Å². The van der Waals surface area contributed by atoms with Crippen LogP contribution in [-0.4, -0.2) is 56.2 Å². The van der Waals surface area contributed by atoms with Crippen LogP contribution in [0, 0.1) is 13.8 Å². The number of amides is 1. The number of aryl methyl sites for hydroxylation is 2. The van der Waals surface area contributed by atoms with E-state index in [1.54, 1.807) is 11.1 Å². The van der Waals surface area contributed by atoms with Crippen LogP contribution in [-0.2, 0) is 11.3 Å². The summed E-state index contributed by atoms with van der Waals surface area (Å²) in [6.45, 7) is 6.45. The maximum absolute atomic E-state index is 13.1. The number of aromatic nitrogens is 4. The van der Waals surface area contributed by atoms with Gasteiger partial charge in [0.2, 0.25) is 5.91 Å². The topological polar surface area (TPSA) is 75.7 Å². The molecule has 1 amide bonds. The molecule has 5 rings (SSSR count). The molecule has 0 N–H and O–H groups in total. The monoisotopic (exact) mass is 416 g/mol. The van der Waals surface area contributed by atoms with E-state index in [2.05, 4.69) is 21.0 Å². The van der Waals surface area contributed by atoms with Gasteiger partial charge in [0.05, 0.1) is 5.52 Å². The van der Waals surface area contributed by atoms with Gasteiger partial charge in [-0.3, -0.25) is 14.0 Å². The number of hydrogen-bond donors (Lipinski definition) is 0. The first-order chi connectivity index (χ1) is 15.0. The van der Waals surface area contributed by atoms with E-state index in [0.29, 0.717) is 37.5 Å². The average Bonchev–Trinajstić information content (AvgIpc) is 3.17. The Bertz CT molecular complexity index is 1330. The van der Waals surface area contributed by atoms with Crippen molar-refractivity contribution in [3.63, 3.8) is 0 Å². The fourth-order valence-corrected chi connectivity index (χ4v) is 4.30. The zero-order chi connectivity index (χ0) is 21.5. The molecule has 0 radical (unpaired) electrons. The average molecular weight is 416 g/mol. The van der Waals surface area contributed by atoms with Crippen LogP contribution < -0.4 is 10.5 Å². The van der Waals surface area contributed by atoms with Gasteiger partial charge in [0.25, 0.3) is 5.56 Å². The predicted octanol–water partition coefficient (Wildman–Crippen LogP) is 2.01. The Hall–Kier alpha value is -3.68. The second-order valence-electron chi connectivity index (χ2n) is 7.99. The standard InChI is InChI=1S/C23H24N6O2/c1-16-6-7-19-18(13-16)14-20-23(31)28(25-17(2)29(19)20)15-22(30)27-11-9-26(10-12-27)21-5-3-4-8-24-21/h3-8,13-14H,9-12,15H2,1-2H3. The van der Waals surface area contributed by atoms with Crippen LogP contribution in [0.3, 0.4) is 0 Å². The Morgan fingerprint density at radius 1 is 1.00 bits per heavy atom. The molecule has 0 aliphatic carbocycles. The molecule has 1 aromatic carbocycles. The van der Waals surface area contributed by atoms with Gasteiger partial charge in [0, 0.05) is 37.8 Å². The molecule has 1 saturated heterocycles. The van der Waals surface area contributed by atoms with E-state index in [1.807, 2.05) is 54.6 Å². The molecule has 0 spiro atoms. The largest absolute Gasteiger partial charge is 0.353 e. The first-order valence-corrected chi connectivity index (χ1v) is 10.4. The van der Waals surface area contributed by atoms with Gasteiger partial charge in [-0.05, 0) is 44.2 Å². The van der Waals surface area contributed by atoms with Crippen LogP contribution in [0.1, 0.15) is 11.4 Å². The van der Waals surface area contributed by atoms with Gasteiger partial charge in [-0.15, -0.1) is 0 Å². The number of carbonyl (C=O) groups is 1. The fourth-order valence-electron chi connectivity index (χ4n) is 4.30. The van der Waals surface area contributed by atoms with Gasteiger partial charge < -0.3 is 9.80 Å². The summed E-state index contributed by atoms with van der Waals surface area (Å²) in [6.07, 6.45) is 1.77. The number of anilines is 1. The quantitative estimate of drug-likeness (QED) is 0.511. The number of hydrogen-bond acceptors (Lipinski definition) is 5. The van der Waals surface area contributed by atoms with Crippen molar-refractivity contribution in [3.8, 4) is 0 Å². The SMILES string of the molecule is Cc1ccc2c(c1)cc1c(=O)n(CC(=O)N3CCN(c4ccccn4)CC3)nc(C)n12. The van der Waals surface area contributed by atoms with E-state index in [9.17, 15) is 9.59 Å². The van der Waals surface area contributed by atoms with Gasteiger partial charge >= 0.3 is 0 Å². The Labute approximate surface area is 179 Å². The van der Waals surface area contributed by atoms with Gasteiger partial charge in [-0.1, -0.05) is 17.7 Å². The van der Waals surface area contributed by atoms with Crippen molar-refractivity contribution in [1.29, 1.82) is 0 Å². The summed E-state index contributed by atoms with van der Waals surface area (Å²) in [5.74, 6) is 1.51. The Morgan fingerprint density at radius 3 is 2.55 bits per heavy atom. The van der Waals surface area contributed by atoms with Crippen LogP contribution >= 0.6 is 0 Å². The van der Waals surface area contributed by atoms with Crippen LogP contribution in [0.5, 0.6) is 0 Å². The molecule has 8 heteroatoms. The maximum atomic E-state index is 13.1. The van der Waals surface area contributed by atoms with Crippen molar-refractivity contribution in [2.45, 2.75) is 20.4 Å². The normalized spacial score (nSPS) is 14.5. The third-order valence-electron chi connectivity index (χ3n) is 5.89. The molecule has 3 aromatic heterocycles. The summed E-state index contributed by atoms with van der Waals surface area (Å²) in [5.41, 5.74) is 2.38. The van der Waals surface area contributed by atoms with Crippen LogP contribution in [0.2, 0.25) is 0 Å². The van der Waals surface area contributed by atoms with Crippen molar-refractivity contribution >= 4 is 28.1 Å². The lowest BCUT2D eigenvalue weighted by atomic mass is 10.2. The fraction of sp³-hybridized carbons (Fsp3) is 0.304. The van der Waals surface area contributed by atoms with E-state index in [0.717, 1.165) is 22.3 Å². The highest BCUT2D eigenvalue weighted by Gasteiger charge is 2.23. The predicted molar refractivity (Wildman–Crippen MR) is 119 cm³/mol. The van der Waals surface area contributed by atoms with E-state index >= 15 is 0 Å². The highest BCUT2D eigenvalue weighted by Crippen LogP contribution is 2.20. The summed E-state index contributed by atoms with van der Waals surface area (Å²) in [4.78, 5) is 34.3. The molecule has 0 bridgehead atoms. The summed E-state index contributed by atoms with van der Waals surface area (Å²) in [6, 6.07) is 13.8. The van der Waals surface area contributed by atoms with Gasteiger partial charge in [-0.2, -0.15) is 5.10 Å². The molecule has 4 aromatic rings. The third-order valence-corrected chi connectivity index (χ3v) is 5.89. The van der Waals surface area contributed by atoms with E-state index in [1.165, 1.54) is 4.68 Å². The molecule has 158 valence electrons. The van der Waals surface area contributed by atoms with Gasteiger partial charge in [0.1, 0.15) is 23.7 Å². The van der Waals surface area contributed by atoms with Crippen molar-refractivity contribution in [2.75, 3.05) is 31.1 Å². The molecular weight excluding hydrogens is 392 g/mol. The lowest BCUT2D eigenvalue weighted by molar-refractivity contribution is -0.132. The highest BCUT2D eigenvalue weighted by atomic mass is 16.2. The lowest BCUT2D eigenvalue weighted by Gasteiger charge is -2.35. The minimum Gasteiger partial charge on any atom is -0.353 e. The van der Waals surface area contributed by atoms with Gasteiger partial charge in [-0.25, -0.2) is 9.67 Å². The zero-order valence-corrected chi connectivity index (χ0v) is 17.7. The smallest absolute Gasteiger partial charge is 0.291 e. The minimum absolute atomic E-state index is 0.0552. The molecule has 8 nitrogen and oxygen atoms in total. The van der Waals surface area contributed by atoms with Crippen LogP contribution in [0.25, 0.3) is 16.4 Å². The molecule has 0 unspecified atom stereocenters. The van der Waals surface area contributed by atoms with Crippen molar-refractivity contribution in [3.05, 3.63) is 70.4 Å². The number of carbonyl (C=O) groups excluding carboxylic acids is 1. The van der Waals surface area contributed by atoms with Crippen LogP contribution in [0.4, 0.5) is 5.82 Å². The summed E-state index contributed by atoms with van der Waals surface area (Å²) >= 11 is 0. The molecule has 0 atom stereocenters. The number of benzene rings is 1. The minimum atomic E-state index is -0.250. The Kier molecular flexibility index (Phi) is 4.69. The first-order valence-electron chi connectivity index (χ1n) is 10.4. The summed E-state index contributed by atoms with van der Waals surface area (Å²) in [5, 5.41) is 5.44. The second kappa shape index (κ2) is 7.54. The van der Waals surface area contributed by atoms with Crippen molar-refractivity contribution < 1.29 is 4.79 Å². The van der Waals surface area contributed by atoms with Crippen LogP contribution in [0.15, 0.2) is 53.5 Å². The Morgan fingerprint density at radius 2 is 1.81 bits per heavy atom. The third kappa shape index (κ3) is 3.43. The molecule has 1 fully saturated rings. The molecule has 31 heavy (non-hydrogen) atoms. The number of piperazine rings is 1. The highest BCUT2D eigenvalue weighted by molar-refractivity contribution is 5.87. The first kappa shape index (κ1) is 19.3. The summed E-state index contributed by atoms with van der Waals surface area (Å²) in [7, 11) is 0. The second-order valence-corrected chi connectivity index (χ2v) is 7.99. The molecule has 1 aliphatic rings. The number of nitrogens with zero attached hydrogens (tertiary/aromatic N) is 6.